The minimum Gasteiger partial charge on any atom is -0.475 e. The van der Waals surface area contributed by atoms with Crippen molar-refractivity contribution in [1.29, 1.82) is 0 Å². The van der Waals surface area contributed by atoms with E-state index in [9.17, 15) is 18.0 Å². The Kier molecular flexibility index (Phi) is 8.27. The highest BCUT2D eigenvalue weighted by Gasteiger charge is 2.53. The number of aliphatic carboxylic acids is 1. The molecule has 5 nitrogen and oxygen atoms in total. The molecule has 2 heterocycles. The Morgan fingerprint density at radius 3 is 1.90 bits per heavy atom. The van der Waals surface area contributed by atoms with Gasteiger partial charge in [-0.1, -0.05) is 38.5 Å². The summed E-state index contributed by atoms with van der Waals surface area (Å²) in [4.78, 5) is 26.7. The maximum absolute atomic E-state index is 12.9. The summed E-state index contributed by atoms with van der Waals surface area (Å²) >= 11 is 0. The minimum absolute atomic E-state index is 0.0155. The predicted octanol–water partition coefficient (Wildman–Crippen LogP) is 4.70. The van der Waals surface area contributed by atoms with Gasteiger partial charge in [-0.05, 0) is 56.9 Å². The summed E-state index contributed by atoms with van der Waals surface area (Å²) in [6, 6.07) is 0. The van der Waals surface area contributed by atoms with Gasteiger partial charge in [-0.15, -0.1) is 0 Å². The maximum Gasteiger partial charge on any atom is 0.490 e. The standard InChI is InChI=1S/C21H36N2O.C2HF3O2/c24-20-21(17-23(20)15-19-10-5-2-6-11-19)12-7-13-22(16-21)14-18-8-3-1-4-9-18;3-2(4,5)1(6)7/h18-19H,1-17H2;(H,6,7). The molecular formula is C23H37F3N2O3. The van der Waals surface area contributed by atoms with Crippen LogP contribution in [0.2, 0.25) is 0 Å². The first kappa shape index (κ1) is 24.3. The fourth-order valence-electron chi connectivity index (χ4n) is 6.00. The van der Waals surface area contributed by atoms with Crippen molar-refractivity contribution in [2.75, 3.05) is 32.7 Å². The topological polar surface area (TPSA) is 60.9 Å². The van der Waals surface area contributed by atoms with Crippen LogP contribution in [0.15, 0.2) is 0 Å². The molecule has 4 fully saturated rings. The monoisotopic (exact) mass is 446 g/mol. The Hall–Kier alpha value is -1.31. The lowest BCUT2D eigenvalue weighted by molar-refractivity contribution is -0.192. The first-order chi connectivity index (χ1) is 14.7. The maximum atomic E-state index is 12.9. The molecule has 0 aromatic rings. The molecule has 2 aliphatic carbocycles. The van der Waals surface area contributed by atoms with Crippen molar-refractivity contribution < 1.29 is 27.9 Å². The molecule has 31 heavy (non-hydrogen) atoms. The van der Waals surface area contributed by atoms with Gasteiger partial charge in [-0.3, -0.25) is 4.79 Å². The molecule has 178 valence electrons. The van der Waals surface area contributed by atoms with E-state index >= 15 is 0 Å². The smallest absolute Gasteiger partial charge is 0.475 e. The molecule has 1 atom stereocenters. The van der Waals surface area contributed by atoms with Gasteiger partial charge in [-0.2, -0.15) is 13.2 Å². The zero-order valence-corrected chi connectivity index (χ0v) is 18.5. The van der Waals surface area contributed by atoms with Gasteiger partial charge in [0.1, 0.15) is 0 Å². The number of carboxylic acids is 1. The van der Waals surface area contributed by atoms with Crippen molar-refractivity contribution in [2.24, 2.45) is 17.3 Å². The highest BCUT2D eigenvalue weighted by Crippen LogP contribution is 2.42. The van der Waals surface area contributed by atoms with Gasteiger partial charge in [0, 0.05) is 26.2 Å². The van der Waals surface area contributed by atoms with Crippen LogP contribution < -0.4 is 0 Å². The van der Waals surface area contributed by atoms with Crippen LogP contribution in [0.3, 0.4) is 0 Å². The van der Waals surface area contributed by atoms with Gasteiger partial charge in [-0.25, -0.2) is 4.79 Å². The molecule has 1 amide bonds. The van der Waals surface area contributed by atoms with E-state index in [-0.39, 0.29) is 5.41 Å². The second kappa shape index (κ2) is 10.5. The van der Waals surface area contributed by atoms with Crippen LogP contribution in [-0.4, -0.2) is 65.7 Å². The van der Waals surface area contributed by atoms with Crippen LogP contribution >= 0.6 is 0 Å². The van der Waals surface area contributed by atoms with Crippen molar-refractivity contribution in [2.45, 2.75) is 83.2 Å². The quantitative estimate of drug-likeness (QED) is 0.636. The molecular weight excluding hydrogens is 409 g/mol. The summed E-state index contributed by atoms with van der Waals surface area (Å²) in [7, 11) is 0. The Morgan fingerprint density at radius 2 is 1.42 bits per heavy atom. The van der Waals surface area contributed by atoms with E-state index in [2.05, 4.69) is 9.80 Å². The SMILES string of the molecule is O=C(O)C(F)(F)F.O=C1N(CC2CCCCC2)CC12CCCN(CC1CCCCC1)C2. The van der Waals surface area contributed by atoms with Crippen LogP contribution in [0, 0.1) is 17.3 Å². The Balaban J connectivity index is 0.000000339. The number of rotatable bonds is 4. The van der Waals surface area contributed by atoms with Crippen molar-refractivity contribution >= 4 is 11.9 Å². The molecule has 2 saturated heterocycles. The lowest BCUT2D eigenvalue weighted by Gasteiger charge is -2.54. The Morgan fingerprint density at radius 1 is 0.903 bits per heavy atom. The number of halogens is 3. The van der Waals surface area contributed by atoms with E-state index in [0.29, 0.717) is 5.91 Å². The number of amides is 1. The van der Waals surface area contributed by atoms with E-state index in [1.165, 1.54) is 83.7 Å². The highest BCUT2D eigenvalue weighted by atomic mass is 19.4. The van der Waals surface area contributed by atoms with Crippen molar-refractivity contribution in [3.8, 4) is 0 Å². The van der Waals surface area contributed by atoms with Gasteiger partial charge in [0.15, 0.2) is 0 Å². The van der Waals surface area contributed by atoms with Crippen molar-refractivity contribution in [1.82, 2.24) is 9.80 Å². The summed E-state index contributed by atoms with van der Waals surface area (Å²) in [6.45, 7) is 5.67. The number of carbonyl (C=O) groups is 2. The number of carboxylic acid groups (broad SMARTS) is 1. The molecule has 2 saturated carbocycles. The van der Waals surface area contributed by atoms with Crippen LogP contribution in [-0.2, 0) is 9.59 Å². The number of nitrogens with zero attached hydrogens (tertiary/aromatic N) is 2. The lowest BCUT2D eigenvalue weighted by Crippen LogP contribution is -2.67. The molecule has 1 N–H and O–H groups in total. The van der Waals surface area contributed by atoms with E-state index in [0.717, 1.165) is 37.9 Å². The predicted molar refractivity (Wildman–Crippen MR) is 112 cm³/mol. The van der Waals surface area contributed by atoms with Gasteiger partial charge in [0.25, 0.3) is 0 Å². The fourth-order valence-corrected chi connectivity index (χ4v) is 6.00. The van der Waals surface area contributed by atoms with Gasteiger partial charge >= 0.3 is 12.1 Å². The van der Waals surface area contributed by atoms with Crippen LogP contribution in [0.4, 0.5) is 13.2 Å². The highest BCUT2D eigenvalue weighted by molar-refractivity contribution is 5.89. The first-order valence-electron chi connectivity index (χ1n) is 12.0. The number of alkyl halides is 3. The zero-order chi connectivity index (χ0) is 22.5. The molecule has 4 aliphatic rings. The molecule has 2 aliphatic heterocycles. The average molecular weight is 447 g/mol. The molecule has 0 aromatic heterocycles. The average Bonchev–Trinajstić information content (AvgIpc) is 2.75. The Bertz CT molecular complexity index is 616. The largest absolute Gasteiger partial charge is 0.490 e. The van der Waals surface area contributed by atoms with Gasteiger partial charge < -0.3 is 14.9 Å². The molecule has 1 spiro atoms. The number of hydrogen-bond acceptors (Lipinski definition) is 3. The summed E-state index contributed by atoms with van der Waals surface area (Å²) in [5, 5.41) is 7.12. The van der Waals surface area contributed by atoms with Gasteiger partial charge in [0.2, 0.25) is 5.91 Å². The van der Waals surface area contributed by atoms with Crippen molar-refractivity contribution in [3.63, 3.8) is 0 Å². The first-order valence-corrected chi connectivity index (χ1v) is 12.0. The molecule has 0 radical (unpaired) electrons. The number of likely N-dealkylation sites (tertiary alicyclic amines) is 2. The second-order valence-electron chi connectivity index (χ2n) is 10.1. The third-order valence-corrected chi connectivity index (χ3v) is 7.58. The van der Waals surface area contributed by atoms with Crippen LogP contribution in [0.1, 0.15) is 77.0 Å². The van der Waals surface area contributed by atoms with E-state index < -0.39 is 12.1 Å². The third kappa shape index (κ3) is 6.59. The zero-order valence-electron chi connectivity index (χ0n) is 18.5. The molecule has 0 bridgehead atoms. The molecule has 8 heteroatoms. The van der Waals surface area contributed by atoms with Crippen molar-refractivity contribution in [3.05, 3.63) is 0 Å². The van der Waals surface area contributed by atoms with E-state index in [1.807, 2.05) is 0 Å². The normalized spacial score (nSPS) is 28.7. The number of hydrogen-bond donors (Lipinski definition) is 1. The van der Waals surface area contributed by atoms with E-state index in [4.69, 9.17) is 9.90 Å². The molecule has 4 rings (SSSR count). The summed E-state index contributed by atoms with van der Waals surface area (Å²) in [6.07, 6.45) is 11.3. The second-order valence-corrected chi connectivity index (χ2v) is 10.1. The van der Waals surface area contributed by atoms with Crippen LogP contribution in [0.25, 0.3) is 0 Å². The Labute approximate surface area is 183 Å². The van der Waals surface area contributed by atoms with E-state index in [1.54, 1.807) is 0 Å². The number of carbonyl (C=O) groups excluding carboxylic acids is 1. The third-order valence-electron chi connectivity index (χ3n) is 7.58. The van der Waals surface area contributed by atoms with Crippen LogP contribution in [0.5, 0.6) is 0 Å². The molecule has 1 unspecified atom stereocenters. The number of piperidine rings is 1. The lowest BCUT2D eigenvalue weighted by atomic mass is 9.71. The number of β-lactam (4-membered cyclic amide) rings is 1. The summed E-state index contributed by atoms with van der Waals surface area (Å²) in [5.74, 6) is -0.557. The minimum atomic E-state index is -5.08. The summed E-state index contributed by atoms with van der Waals surface area (Å²) < 4.78 is 31.7. The van der Waals surface area contributed by atoms with Gasteiger partial charge in [0.05, 0.1) is 5.41 Å². The molecule has 0 aromatic carbocycles. The fraction of sp³-hybridized carbons (Fsp3) is 0.913. The summed E-state index contributed by atoms with van der Waals surface area (Å²) in [5.41, 5.74) is 0.0155.